The number of ether oxygens (including phenoxy) is 1. The molecule has 0 aliphatic carbocycles. The first kappa shape index (κ1) is 9.53. The van der Waals surface area contributed by atoms with Crippen LogP contribution in [0.3, 0.4) is 0 Å². The Balaban J connectivity index is 2.46. The molecule has 66 valence electrons. The van der Waals surface area contributed by atoms with Crippen LogP contribution in [0.5, 0.6) is 0 Å². The Morgan fingerprint density at radius 1 is 1.64 bits per heavy atom. The minimum atomic E-state index is 0.106. The molecule has 1 rings (SSSR count). The molecule has 1 nitrogen and oxygen atoms in total. The largest absolute Gasteiger partial charge is 0.371 e. The summed E-state index contributed by atoms with van der Waals surface area (Å²) in [5.41, 5.74) is 0.106. The quantitative estimate of drug-likeness (QED) is 0.651. The minimum absolute atomic E-state index is 0.106. The lowest BCUT2D eigenvalue weighted by atomic mass is 10.0. The molecule has 1 heterocycles. The number of alkyl halides is 1. The topological polar surface area (TPSA) is 9.23 Å². The van der Waals surface area contributed by atoms with Gasteiger partial charge in [0.1, 0.15) is 0 Å². The van der Waals surface area contributed by atoms with Crippen LogP contribution < -0.4 is 0 Å². The van der Waals surface area contributed by atoms with E-state index in [2.05, 4.69) is 36.7 Å². The fraction of sp³-hybridized carbons (Fsp3) is 1.00. The van der Waals surface area contributed by atoms with Gasteiger partial charge in [-0.15, -0.1) is 0 Å². The van der Waals surface area contributed by atoms with E-state index in [4.69, 9.17) is 4.74 Å². The number of hydrogen-bond acceptors (Lipinski definition) is 1. The van der Waals surface area contributed by atoms with E-state index in [1.165, 1.54) is 12.8 Å². The zero-order chi connectivity index (χ0) is 8.48. The molecule has 0 spiro atoms. The monoisotopic (exact) mass is 220 g/mol. The second-order valence-electron chi connectivity index (χ2n) is 4.02. The van der Waals surface area contributed by atoms with Crippen molar-refractivity contribution in [1.29, 1.82) is 0 Å². The SMILES string of the molecule is CC(C)C1CCC(C)(CBr)O1. The van der Waals surface area contributed by atoms with E-state index in [1.807, 2.05) is 0 Å². The standard InChI is InChI=1S/C9H17BrO/c1-7(2)8-4-5-9(3,6-10)11-8/h7-8H,4-6H2,1-3H3. The number of halogens is 1. The van der Waals surface area contributed by atoms with Crippen molar-refractivity contribution >= 4 is 15.9 Å². The Morgan fingerprint density at radius 3 is 2.55 bits per heavy atom. The van der Waals surface area contributed by atoms with E-state index < -0.39 is 0 Å². The molecular formula is C9H17BrO. The van der Waals surface area contributed by atoms with Crippen LogP contribution in [0.2, 0.25) is 0 Å². The molecule has 1 saturated heterocycles. The highest BCUT2D eigenvalue weighted by Crippen LogP contribution is 2.34. The first-order valence-corrected chi connectivity index (χ1v) is 5.43. The van der Waals surface area contributed by atoms with Crippen molar-refractivity contribution in [2.75, 3.05) is 5.33 Å². The van der Waals surface area contributed by atoms with Crippen molar-refractivity contribution in [3.63, 3.8) is 0 Å². The van der Waals surface area contributed by atoms with E-state index in [0.717, 1.165) is 5.33 Å². The molecule has 0 aromatic heterocycles. The van der Waals surface area contributed by atoms with Gasteiger partial charge in [0.2, 0.25) is 0 Å². The van der Waals surface area contributed by atoms with Gasteiger partial charge in [-0.25, -0.2) is 0 Å². The lowest BCUT2D eigenvalue weighted by Crippen LogP contribution is -2.28. The maximum absolute atomic E-state index is 5.91. The first-order chi connectivity index (χ1) is 5.07. The zero-order valence-corrected chi connectivity index (χ0v) is 9.15. The number of rotatable bonds is 2. The fourth-order valence-corrected chi connectivity index (χ4v) is 1.91. The summed E-state index contributed by atoms with van der Waals surface area (Å²) in [6.45, 7) is 6.64. The molecule has 0 amide bonds. The molecule has 0 N–H and O–H groups in total. The van der Waals surface area contributed by atoms with Gasteiger partial charge in [0.15, 0.2) is 0 Å². The van der Waals surface area contributed by atoms with Gasteiger partial charge in [0.25, 0.3) is 0 Å². The molecule has 0 bridgehead atoms. The lowest BCUT2D eigenvalue weighted by molar-refractivity contribution is -0.0303. The van der Waals surface area contributed by atoms with Crippen molar-refractivity contribution in [3.8, 4) is 0 Å². The molecule has 2 heteroatoms. The van der Waals surface area contributed by atoms with Crippen LogP contribution in [-0.2, 0) is 4.74 Å². The number of hydrogen-bond donors (Lipinski definition) is 0. The first-order valence-electron chi connectivity index (χ1n) is 4.31. The average molecular weight is 221 g/mol. The summed E-state index contributed by atoms with van der Waals surface area (Å²) < 4.78 is 5.91. The van der Waals surface area contributed by atoms with E-state index in [-0.39, 0.29) is 5.60 Å². The Hall–Kier alpha value is 0.440. The molecule has 0 saturated carbocycles. The second kappa shape index (κ2) is 3.44. The van der Waals surface area contributed by atoms with Gasteiger partial charge in [0.05, 0.1) is 11.7 Å². The second-order valence-corrected chi connectivity index (χ2v) is 4.58. The van der Waals surface area contributed by atoms with Gasteiger partial charge in [-0.05, 0) is 25.7 Å². The normalized spacial score (nSPS) is 38.5. The van der Waals surface area contributed by atoms with Gasteiger partial charge in [-0.1, -0.05) is 29.8 Å². The van der Waals surface area contributed by atoms with E-state index in [1.54, 1.807) is 0 Å². The Morgan fingerprint density at radius 2 is 2.27 bits per heavy atom. The summed E-state index contributed by atoms with van der Waals surface area (Å²) in [5, 5.41) is 0.962. The molecule has 11 heavy (non-hydrogen) atoms. The Kier molecular flexibility index (Phi) is 2.98. The Bertz CT molecular complexity index is 136. The summed E-state index contributed by atoms with van der Waals surface area (Å²) in [4.78, 5) is 0. The van der Waals surface area contributed by atoms with E-state index >= 15 is 0 Å². The van der Waals surface area contributed by atoms with Gasteiger partial charge >= 0.3 is 0 Å². The van der Waals surface area contributed by atoms with Crippen molar-refractivity contribution in [2.24, 2.45) is 5.92 Å². The molecule has 2 unspecified atom stereocenters. The van der Waals surface area contributed by atoms with Crippen LogP contribution in [0, 0.1) is 5.92 Å². The smallest absolute Gasteiger partial charge is 0.0755 e. The minimum Gasteiger partial charge on any atom is -0.371 e. The maximum Gasteiger partial charge on any atom is 0.0755 e. The van der Waals surface area contributed by atoms with Crippen LogP contribution >= 0.6 is 15.9 Å². The summed E-state index contributed by atoms with van der Waals surface area (Å²) in [5.74, 6) is 0.663. The predicted octanol–water partition coefficient (Wildman–Crippen LogP) is 2.98. The predicted molar refractivity (Wildman–Crippen MR) is 51.1 cm³/mol. The molecular weight excluding hydrogens is 204 g/mol. The van der Waals surface area contributed by atoms with Crippen molar-refractivity contribution in [3.05, 3.63) is 0 Å². The Labute approximate surface area is 77.6 Å². The van der Waals surface area contributed by atoms with E-state index in [9.17, 15) is 0 Å². The van der Waals surface area contributed by atoms with Crippen molar-refractivity contribution < 1.29 is 4.74 Å². The molecule has 1 aliphatic heterocycles. The van der Waals surface area contributed by atoms with Crippen LogP contribution in [0.1, 0.15) is 33.6 Å². The maximum atomic E-state index is 5.91. The zero-order valence-electron chi connectivity index (χ0n) is 7.56. The molecule has 1 aliphatic rings. The summed E-state index contributed by atoms with van der Waals surface area (Å²) >= 11 is 3.48. The third kappa shape index (κ3) is 2.19. The van der Waals surface area contributed by atoms with Crippen molar-refractivity contribution in [2.45, 2.75) is 45.3 Å². The molecule has 0 aromatic rings. The lowest BCUT2D eigenvalue weighted by Gasteiger charge is -2.23. The third-order valence-corrected chi connectivity index (χ3v) is 3.61. The molecule has 0 aromatic carbocycles. The average Bonchev–Trinajstić information content (AvgIpc) is 2.33. The van der Waals surface area contributed by atoms with Crippen LogP contribution in [-0.4, -0.2) is 17.0 Å². The summed E-state index contributed by atoms with van der Waals surface area (Å²) in [6.07, 6.45) is 2.90. The molecule has 2 atom stereocenters. The van der Waals surface area contributed by atoms with Crippen LogP contribution in [0.4, 0.5) is 0 Å². The highest BCUT2D eigenvalue weighted by atomic mass is 79.9. The highest BCUT2D eigenvalue weighted by Gasteiger charge is 2.35. The highest BCUT2D eigenvalue weighted by molar-refractivity contribution is 9.09. The fourth-order valence-electron chi connectivity index (χ4n) is 1.50. The molecule has 0 radical (unpaired) electrons. The summed E-state index contributed by atoms with van der Waals surface area (Å²) in [6, 6.07) is 0. The van der Waals surface area contributed by atoms with Gasteiger partial charge in [-0.3, -0.25) is 0 Å². The summed E-state index contributed by atoms with van der Waals surface area (Å²) in [7, 11) is 0. The van der Waals surface area contributed by atoms with Crippen LogP contribution in [0.15, 0.2) is 0 Å². The van der Waals surface area contributed by atoms with Crippen LogP contribution in [0.25, 0.3) is 0 Å². The van der Waals surface area contributed by atoms with Gasteiger partial charge in [0, 0.05) is 5.33 Å². The third-order valence-electron chi connectivity index (χ3n) is 2.42. The van der Waals surface area contributed by atoms with Gasteiger partial charge < -0.3 is 4.74 Å². The molecule has 1 fully saturated rings. The van der Waals surface area contributed by atoms with Gasteiger partial charge in [-0.2, -0.15) is 0 Å². The van der Waals surface area contributed by atoms with E-state index in [0.29, 0.717) is 12.0 Å². The van der Waals surface area contributed by atoms with Crippen molar-refractivity contribution in [1.82, 2.24) is 0 Å².